The van der Waals surface area contributed by atoms with E-state index < -0.39 is 0 Å². The summed E-state index contributed by atoms with van der Waals surface area (Å²) in [4.78, 5) is 11.6. The van der Waals surface area contributed by atoms with E-state index in [9.17, 15) is 4.79 Å². The molecule has 0 saturated heterocycles. The number of ether oxygens (including phenoxy) is 1. The number of fused-ring (bicyclic) bond motifs is 1. The Morgan fingerprint density at radius 2 is 2.44 bits per heavy atom. The third kappa shape index (κ3) is 2.46. The molecule has 1 heterocycles. The number of carbonyl (C=O) groups is 1. The summed E-state index contributed by atoms with van der Waals surface area (Å²) in [5, 5.41) is 3.24. The molecule has 0 saturated carbocycles. The molecule has 4 heteroatoms. The molecular weight excluding hydrogens is 222 g/mol. The summed E-state index contributed by atoms with van der Waals surface area (Å²) < 4.78 is 5.09. The predicted octanol–water partition coefficient (Wildman–Crippen LogP) is 2.43. The number of methoxy groups -OCH3 is 1. The monoisotopic (exact) mass is 235 g/mol. The highest BCUT2D eigenvalue weighted by molar-refractivity contribution is 7.99. The van der Waals surface area contributed by atoms with Gasteiger partial charge in [0, 0.05) is 23.5 Å². The van der Waals surface area contributed by atoms with Crippen molar-refractivity contribution in [3.63, 3.8) is 0 Å². The van der Waals surface area contributed by atoms with Crippen LogP contribution in [0.25, 0.3) is 0 Å². The van der Waals surface area contributed by atoms with Crippen molar-refractivity contribution in [2.45, 2.75) is 11.5 Å². The van der Waals surface area contributed by atoms with Gasteiger partial charge in [-0.15, -0.1) is 11.8 Å². The zero-order valence-corrected chi connectivity index (χ0v) is 9.84. The highest BCUT2D eigenvalue weighted by Crippen LogP contribution is 2.35. The normalized spacial score (nSPS) is 16.7. The van der Waals surface area contributed by atoms with Crippen LogP contribution in [0.3, 0.4) is 0 Å². The van der Waals surface area contributed by atoms with Crippen molar-refractivity contribution in [1.29, 1.82) is 0 Å². The van der Waals surface area contributed by atoms with E-state index in [1.807, 2.05) is 12.1 Å². The Morgan fingerprint density at radius 1 is 1.56 bits per heavy atom. The summed E-state index contributed by atoms with van der Waals surface area (Å²) in [6.07, 6.45) is 2.38. The van der Waals surface area contributed by atoms with Crippen LogP contribution in [0.4, 0.5) is 5.69 Å². The van der Waals surface area contributed by atoms with Crippen LogP contribution in [0.1, 0.15) is 5.56 Å². The van der Waals surface area contributed by atoms with Crippen LogP contribution < -0.4 is 5.32 Å². The number of hydrogen-bond acceptors (Lipinski definition) is 4. The van der Waals surface area contributed by atoms with Crippen molar-refractivity contribution in [3.05, 3.63) is 35.5 Å². The molecule has 2 rings (SSSR count). The second-order valence-corrected chi connectivity index (χ2v) is 4.52. The molecule has 0 atom stereocenters. The molecular formula is C12H13NO2S. The van der Waals surface area contributed by atoms with Gasteiger partial charge in [0.25, 0.3) is 0 Å². The number of nitrogens with one attached hydrogen (secondary N) is 1. The molecule has 1 aromatic rings. The second-order valence-electron chi connectivity index (χ2n) is 3.51. The fourth-order valence-corrected chi connectivity index (χ4v) is 2.57. The third-order valence-electron chi connectivity index (χ3n) is 2.30. The standard InChI is InChI=1S/C12H13NO2S/c1-15-7-9-2-3-11-12(6-9)16-8-10(13-11)4-5-14/h2-6,13H,7-8H2,1H3/b10-4-. The maximum Gasteiger partial charge on any atom is 0.144 e. The molecule has 0 bridgehead atoms. The summed E-state index contributed by atoms with van der Waals surface area (Å²) in [5.41, 5.74) is 3.18. The first kappa shape index (κ1) is 11.2. The van der Waals surface area contributed by atoms with Crippen LogP contribution in [-0.2, 0) is 16.1 Å². The molecule has 84 valence electrons. The van der Waals surface area contributed by atoms with Gasteiger partial charge in [-0.3, -0.25) is 4.79 Å². The number of anilines is 1. The topological polar surface area (TPSA) is 38.3 Å². The number of aldehydes is 1. The van der Waals surface area contributed by atoms with E-state index in [2.05, 4.69) is 11.4 Å². The van der Waals surface area contributed by atoms with E-state index in [0.29, 0.717) is 6.61 Å². The van der Waals surface area contributed by atoms with Crippen LogP contribution in [0.15, 0.2) is 34.9 Å². The van der Waals surface area contributed by atoms with Gasteiger partial charge in [-0.2, -0.15) is 0 Å². The number of hydrogen-bond donors (Lipinski definition) is 1. The number of carbonyl (C=O) groups excluding carboxylic acids is 1. The van der Waals surface area contributed by atoms with Crippen molar-refractivity contribution in [1.82, 2.24) is 0 Å². The molecule has 0 amide bonds. The van der Waals surface area contributed by atoms with Gasteiger partial charge < -0.3 is 10.1 Å². The van der Waals surface area contributed by atoms with Crippen molar-refractivity contribution in [3.8, 4) is 0 Å². The highest BCUT2D eigenvalue weighted by atomic mass is 32.2. The van der Waals surface area contributed by atoms with Crippen LogP contribution in [0.2, 0.25) is 0 Å². The fourth-order valence-electron chi connectivity index (χ4n) is 1.58. The Labute approximate surface area is 98.9 Å². The zero-order valence-electron chi connectivity index (χ0n) is 9.03. The quantitative estimate of drug-likeness (QED) is 0.645. The van der Waals surface area contributed by atoms with Gasteiger partial charge in [-0.05, 0) is 23.8 Å². The molecule has 1 aliphatic heterocycles. The number of thioether (sulfide) groups is 1. The predicted molar refractivity (Wildman–Crippen MR) is 65.6 cm³/mol. The average Bonchev–Trinajstić information content (AvgIpc) is 2.30. The molecule has 3 nitrogen and oxygen atoms in total. The summed E-state index contributed by atoms with van der Waals surface area (Å²) in [6.45, 7) is 0.630. The van der Waals surface area contributed by atoms with E-state index in [4.69, 9.17) is 4.74 Å². The Morgan fingerprint density at radius 3 is 3.19 bits per heavy atom. The lowest BCUT2D eigenvalue weighted by atomic mass is 10.2. The Kier molecular flexibility index (Phi) is 3.64. The first-order valence-electron chi connectivity index (χ1n) is 4.99. The maximum atomic E-state index is 10.4. The molecule has 0 aromatic heterocycles. The van der Waals surface area contributed by atoms with Gasteiger partial charge in [-0.1, -0.05) is 6.07 Å². The van der Waals surface area contributed by atoms with Crippen molar-refractivity contribution in [2.24, 2.45) is 0 Å². The van der Waals surface area contributed by atoms with E-state index in [1.54, 1.807) is 24.9 Å². The lowest BCUT2D eigenvalue weighted by molar-refractivity contribution is -0.104. The second kappa shape index (κ2) is 5.18. The van der Waals surface area contributed by atoms with Gasteiger partial charge in [0.1, 0.15) is 6.29 Å². The van der Waals surface area contributed by atoms with Crippen LogP contribution in [0.5, 0.6) is 0 Å². The molecule has 16 heavy (non-hydrogen) atoms. The lowest BCUT2D eigenvalue weighted by Gasteiger charge is -2.20. The van der Waals surface area contributed by atoms with Crippen molar-refractivity contribution in [2.75, 3.05) is 18.2 Å². The maximum absolute atomic E-state index is 10.4. The molecule has 0 radical (unpaired) electrons. The lowest BCUT2D eigenvalue weighted by Crippen LogP contribution is -2.09. The minimum absolute atomic E-state index is 0.630. The minimum Gasteiger partial charge on any atom is -0.380 e. The molecule has 1 N–H and O–H groups in total. The smallest absolute Gasteiger partial charge is 0.144 e. The summed E-state index contributed by atoms with van der Waals surface area (Å²) in [7, 11) is 1.69. The minimum atomic E-state index is 0.630. The van der Waals surface area contributed by atoms with E-state index >= 15 is 0 Å². The molecule has 1 aromatic carbocycles. The van der Waals surface area contributed by atoms with Crippen molar-refractivity contribution < 1.29 is 9.53 Å². The zero-order chi connectivity index (χ0) is 11.4. The molecule has 0 fully saturated rings. The Hall–Kier alpha value is -1.26. The van der Waals surface area contributed by atoms with Gasteiger partial charge in [0.15, 0.2) is 0 Å². The van der Waals surface area contributed by atoms with E-state index in [1.165, 1.54) is 10.5 Å². The average molecular weight is 235 g/mol. The number of rotatable bonds is 3. The first-order chi connectivity index (χ1) is 7.83. The Bertz CT molecular complexity index is 429. The molecule has 0 spiro atoms. The third-order valence-corrected chi connectivity index (χ3v) is 3.41. The Balaban J connectivity index is 2.21. The van der Waals surface area contributed by atoms with Gasteiger partial charge in [0.2, 0.25) is 0 Å². The van der Waals surface area contributed by atoms with Crippen LogP contribution >= 0.6 is 11.8 Å². The SMILES string of the molecule is COCc1ccc2c(c1)SC/C(=C/C=O)N2. The van der Waals surface area contributed by atoms with Crippen LogP contribution in [-0.4, -0.2) is 19.1 Å². The molecule has 0 aliphatic carbocycles. The van der Waals surface area contributed by atoms with Gasteiger partial charge >= 0.3 is 0 Å². The van der Waals surface area contributed by atoms with Crippen molar-refractivity contribution >= 4 is 23.7 Å². The summed E-state index contributed by atoms with van der Waals surface area (Å²) >= 11 is 1.73. The largest absolute Gasteiger partial charge is 0.380 e. The molecule has 1 aliphatic rings. The first-order valence-corrected chi connectivity index (χ1v) is 5.98. The number of benzene rings is 1. The summed E-state index contributed by atoms with van der Waals surface area (Å²) in [6, 6.07) is 6.17. The summed E-state index contributed by atoms with van der Waals surface area (Å²) in [5.74, 6) is 0.808. The van der Waals surface area contributed by atoms with Gasteiger partial charge in [0.05, 0.1) is 12.3 Å². The van der Waals surface area contributed by atoms with E-state index in [-0.39, 0.29) is 0 Å². The number of allylic oxidation sites excluding steroid dienone is 1. The fraction of sp³-hybridized carbons (Fsp3) is 0.250. The van der Waals surface area contributed by atoms with Crippen LogP contribution in [0, 0.1) is 0 Å². The van der Waals surface area contributed by atoms with Gasteiger partial charge in [-0.25, -0.2) is 0 Å². The highest BCUT2D eigenvalue weighted by Gasteiger charge is 2.12. The van der Waals surface area contributed by atoms with E-state index in [0.717, 1.165) is 23.4 Å². The molecule has 0 unspecified atom stereocenters.